The van der Waals surface area contributed by atoms with E-state index in [0.717, 1.165) is 12.1 Å². The number of ether oxygens (including phenoxy) is 2. The van der Waals surface area contributed by atoms with Gasteiger partial charge in [0.15, 0.2) is 0 Å². The first-order valence-corrected chi connectivity index (χ1v) is 9.47. The van der Waals surface area contributed by atoms with E-state index in [1.165, 1.54) is 11.0 Å². The normalized spacial score (nSPS) is 38.9. The van der Waals surface area contributed by atoms with Crippen LogP contribution in [0.15, 0.2) is 23.3 Å². The van der Waals surface area contributed by atoms with Gasteiger partial charge in [0.05, 0.1) is 47.0 Å². The minimum Gasteiger partial charge on any atom is -0.367 e. The summed E-state index contributed by atoms with van der Waals surface area (Å²) in [6.45, 7) is 1.99. The molecule has 1 spiro atoms. The predicted octanol–water partition coefficient (Wildman–Crippen LogP) is 3.51. The number of hydrogen-bond donors (Lipinski definition) is 0. The summed E-state index contributed by atoms with van der Waals surface area (Å²) in [6.07, 6.45) is -4.56. The van der Waals surface area contributed by atoms with Gasteiger partial charge in [0.2, 0.25) is 5.91 Å². The van der Waals surface area contributed by atoms with Crippen molar-refractivity contribution in [3.05, 3.63) is 39.8 Å². The molecule has 0 radical (unpaired) electrons. The van der Waals surface area contributed by atoms with Crippen molar-refractivity contribution in [1.29, 1.82) is 5.26 Å². The van der Waals surface area contributed by atoms with Crippen LogP contribution in [0, 0.1) is 23.2 Å². The molecule has 156 valence electrons. The number of benzene rings is 1. The topological polar surface area (TPSA) is 111 Å². The second-order valence-electron chi connectivity index (χ2n) is 8.34. The Hall–Kier alpha value is -2.80. The third kappa shape index (κ3) is 2.24. The molecule has 1 aromatic carbocycles. The maximum atomic E-state index is 13.5. The van der Waals surface area contributed by atoms with Crippen molar-refractivity contribution < 1.29 is 27.4 Å². The van der Waals surface area contributed by atoms with Crippen LogP contribution in [0.3, 0.4) is 0 Å². The standard InChI is InChI=1S/C19H16F3N5O3/c1-17-12(25-26-24)7-18(30-17)4-5-29-16-14(18)13(17)15(28)27(16)10-3-2-9(8-23)11(6-10)19(20,21)22/h2-3,6,12-14,16H,4-5,7H2,1H3/t12-,13+,14-,16-,17+,18-/m0/s1. The van der Waals surface area contributed by atoms with Gasteiger partial charge in [0.1, 0.15) is 6.23 Å². The van der Waals surface area contributed by atoms with Gasteiger partial charge in [0.25, 0.3) is 0 Å². The molecule has 1 aromatic rings. The molecule has 4 aliphatic rings. The van der Waals surface area contributed by atoms with Crippen LogP contribution in [0.4, 0.5) is 18.9 Å². The lowest BCUT2D eigenvalue weighted by Gasteiger charge is -2.42. The van der Waals surface area contributed by atoms with Gasteiger partial charge >= 0.3 is 6.18 Å². The Bertz CT molecular complexity index is 1050. The summed E-state index contributed by atoms with van der Waals surface area (Å²) >= 11 is 0. The number of amides is 1. The Labute approximate surface area is 168 Å². The molecular weight excluding hydrogens is 403 g/mol. The Morgan fingerprint density at radius 2 is 2.20 bits per heavy atom. The van der Waals surface area contributed by atoms with Gasteiger partial charge in [-0.2, -0.15) is 18.4 Å². The van der Waals surface area contributed by atoms with E-state index in [0.29, 0.717) is 12.8 Å². The number of carbonyl (C=O) groups excluding carboxylic acids is 1. The molecule has 4 aliphatic heterocycles. The first-order chi connectivity index (χ1) is 14.2. The summed E-state index contributed by atoms with van der Waals surface area (Å²) < 4.78 is 52.6. The van der Waals surface area contributed by atoms with Crippen molar-refractivity contribution >= 4 is 11.6 Å². The number of rotatable bonds is 2. The molecule has 11 heteroatoms. The molecule has 8 nitrogen and oxygen atoms in total. The van der Waals surface area contributed by atoms with E-state index in [4.69, 9.17) is 20.3 Å². The zero-order valence-corrected chi connectivity index (χ0v) is 15.8. The van der Waals surface area contributed by atoms with E-state index in [2.05, 4.69) is 10.0 Å². The highest BCUT2D eigenvalue weighted by atomic mass is 19.4. The van der Waals surface area contributed by atoms with E-state index in [-0.39, 0.29) is 18.2 Å². The van der Waals surface area contributed by atoms with Gasteiger partial charge in [-0.3, -0.25) is 9.69 Å². The van der Waals surface area contributed by atoms with Crippen LogP contribution in [-0.4, -0.2) is 36.0 Å². The largest absolute Gasteiger partial charge is 0.417 e. The van der Waals surface area contributed by atoms with Gasteiger partial charge in [-0.15, -0.1) is 0 Å². The van der Waals surface area contributed by atoms with Crippen LogP contribution < -0.4 is 4.90 Å². The number of nitriles is 1. The smallest absolute Gasteiger partial charge is 0.367 e. The van der Waals surface area contributed by atoms with Gasteiger partial charge in [0, 0.05) is 22.9 Å². The van der Waals surface area contributed by atoms with Crippen molar-refractivity contribution in [2.45, 2.75) is 49.4 Å². The molecular formula is C19H16F3N5O3. The Morgan fingerprint density at radius 1 is 1.43 bits per heavy atom. The second kappa shape index (κ2) is 5.88. The summed E-state index contributed by atoms with van der Waals surface area (Å²) in [5.41, 5.74) is 5.57. The fraction of sp³-hybridized carbons (Fsp3) is 0.579. The fourth-order valence-corrected chi connectivity index (χ4v) is 5.83. The average Bonchev–Trinajstić information content (AvgIpc) is 3.25. The zero-order chi connectivity index (χ0) is 21.5. The number of hydrogen-bond acceptors (Lipinski definition) is 5. The molecule has 0 aliphatic carbocycles. The van der Waals surface area contributed by atoms with E-state index >= 15 is 0 Å². The average molecular weight is 419 g/mol. The molecule has 4 heterocycles. The van der Waals surface area contributed by atoms with E-state index < -0.39 is 52.6 Å². The van der Waals surface area contributed by atoms with Gasteiger partial charge in [-0.05, 0) is 37.1 Å². The minimum atomic E-state index is -4.74. The lowest BCUT2D eigenvalue weighted by Crippen LogP contribution is -2.52. The van der Waals surface area contributed by atoms with Crippen LogP contribution in [0.2, 0.25) is 0 Å². The maximum Gasteiger partial charge on any atom is 0.417 e. The van der Waals surface area contributed by atoms with Gasteiger partial charge < -0.3 is 9.47 Å². The van der Waals surface area contributed by atoms with Crippen LogP contribution in [-0.2, 0) is 20.4 Å². The molecule has 2 bridgehead atoms. The number of anilines is 1. The highest BCUT2D eigenvalue weighted by Gasteiger charge is 2.77. The third-order valence-corrected chi connectivity index (χ3v) is 6.99. The molecule has 6 atom stereocenters. The Morgan fingerprint density at radius 3 is 2.87 bits per heavy atom. The molecule has 0 aromatic heterocycles. The van der Waals surface area contributed by atoms with E-state index in [1.54, 1.807) is 13.0 Å². The number of nitrogens with zero attached hydrogens (tertiary/aromatic N) is 5. The number of alkyl halides is 3. The molecule has 0 saturated carbocycles. The third-order valence-electron chi connectivity index (χ3n) is 6.99. The maximum absolute atomic E-state index is 13.5. The summed E-state index contributed by atoms with van der Waals surface area (Å²) in [5, 5.41) is 12.9. The van der Waals surface area contributed by atoms with Gasteiger partial charge in [-0.1, -0.05) is 5.11 Å². The SMILES string of the molecule is C[C@]12O[C@@]3(CCO[C@H]4[C@@H]3[C@@H]1C(=O)N4c1ccc(C#N)c(C(F)(F)F)c1)C[C@@H]2N=[N+]=[N-]. The van der Waals surface area contributed by atoms with Crippen LogP contribution >= 0.6 is 0 Å². The molecule has 0 N–H and O–H groups in total. The molecule has 30 heavy (non-hydrogen) atoms. The van der Waals surface area contributed by atoms with Crippen LogP contribution in [0.25, 0.3) is 10.4 Å². The predicted molar refractivity (Wildman–Crippen MR) is 94.8 cm³/mol. The zero-order valence-electron chi connectivity index (χ0n) is 15.8. The van der Waals surface area contributed by atoms with Crippen molar-refractivity contribution in [2.75, 3.05) is 11.5 Å². The summed E-state index contributed by atoms with van der Waals surface area (Å²) in [4.78, 5) is 17.6. The molecule has 5 rings (SSSR count). The molecule has 4 saturated heterocycles. The number of carbonyl (C=O) groups is 1. The highest BCUT2D eigenvalue weighted by molar-refractivity contribution is 6.00. The van der Waals surface area contributed by atoms with Crippen molar-refractivity contribution in [3.63, 3.8) is 0 Å². The minimum absolute atomic E-state index is 0.0195. The van der Waals surface area contributed by atoms with E-state index in [1.807, 2.05) is 0 Å². The summed E-state index contributed by atoms with van der Waals surface area (Å²) in [6, 6.07) is 4.21. The van der Waals surface area contributed by atoms with Crippen molar-refractivity contribution in [3.8, 4) is 6.07 Å². The summed E-state index contributed by atoms with van der Waals surface area (Å²) in [5.74, 6) is -1.50. The van der Waals surface area contributed by atoms with Crippen LogP contribution in [0.5, 0.6) is 0 Å². The lowest BCUT2D eigenvalue weighted by molar-refractivity contribution is -0.141. The highest BCUT2D eigenvalue weighted by Crippen LogP contribution is 2.66. The van der Waals surface area contributed by atoms with Gasteiger partial charge in [-0.25, -0.2) is 0 Å². The second-order valence-corrected chi connectivity index (χ2v) is 8.34. The first kappa shape index (κ1) is 19.2. The summed E-state index contributed by atoms with van der Waals surface area (Å²) in [7, 11) is 0. The van der Waals surface area contributed by atoms with Crippen molar-refractivity contribution in [1.82, 2.24) is 0 Å². The first-order valence-electron chi connectivity index (χ1n) is 9.47. The number of fused-ring (bicyclic) bond motifs is 2. The lowest BCUT2D eigenvalue weighted by atomic mass is 9.64. The quantitative estimate of drug-likeness (QED) is 0.415. The molecule has 1 amide bonds. The monoisotopic (exact) mass is 419 g/mol. The number of azide groups is 1. The fourth-order valence-electron chi connectivity index (χ4n) is 5.83. The number of halogens is 3. The van der Waals surface area contributed by atoms with Crippen LogP contribution in [0.1, 0.15) is 30.9 Å². The molecule has 4 fully saturated rings. The van der Waals surface area contributed by atoms with E-state index in [9.17, 15) is 18.0 Å². The molecule has 0 unspecified atom stereocenters. The Balaban J connectivity index is 1.62. The van der Waals surface area contributed by atoms with Crippen molar-refractivity contribution in [2.24, 2.45) is 17.0 Å². The Kier molecular flexibility index (Phi) is 3.76.